The average molecular weight is 377 g/mol. The SMILES string of the molecule is c1ccc(-c2cc(C[NH+]3CC[NH+](Cc4ccc5c(c4)CCO5)CC3)no2)cc1. The van der Waals surface area contributed by atoms with E-state index in [1.807, 2.05) is 18.2 Å². The first kappa shape index (κ1) is 17.5. The van der Waals surface area contributed by atoms with Crippen LogP contribution in [-0.2, 0) is 19.5 Å². The van der Waals surface area contributed by atoms with Crippen molar-refractivity contribution < 1.29 is 19.1 Å². The average Bonchev–Trinajstić information content (AvgIpc) is 3.39. The predicted molar refractivity (Wildman–Crippen MR) is 106 cm³/mol. The number of aromatic nitrogens is 1. The van der Waals surface area contributed by atoms with E-state index in [1.54, 1.807) is 9.80 Å². The third kappa shape index (κ3) is 3.81. The molecule has 3 aromatic rings. The molecule has 2 aliphatic heterocycles. The Balaban J connectivity index is 1.14. The van der Waals surface area contributed by atoms with E-state index in [4.69, 9.17) is 9.26 Å². The lowest BCUT2D eigenvalue weighted by atomic mass is 10.1. The van der Waals surface area contributed by atoms with Crippen LogP contribution < -0.4 is 14.5 Å². The lowest BCUT2D eigenvalue weighted by Gasteiger charge is -2.29. The molecule has 1 saturated heterocycles. The van der Waals surface area contributed by atoms with E-state index < -0.39 is 0 Å². The monoisotopic (exact) mass is 377 g/mol. The van der Waals surface area contributed by atoms with Gasteiger partial charge in [0.1, 0.15) is 50.7 Å². The van der Waals surface area contributed by atoms with Crippen molar-refractivity contribution in [1.29, 1.82) is 0 Å². The number of nitrogens with zero attached hydrogens (tertiary/aromatic N) is 1. The zero-order valence-corrected chi connectivity index (χ0v) is 16.1. The lowest BCUT2D eigenvalue weighted by Crippen LogP contribution is -3.27. The van der Waals surface area contributed by atoms with Gasteiger partial charge in [0.25, 0.3) is 0 Å². The van der Waals surface area contributed by atoms with Crippen molar-refractivity contribution in [3.05, 3.63) is 71.4 Å². The predicted octanol–water partition coefficient (Wildman–Crippen LogP) is 0.760. The molecule has 0 aliphatic carbocycles. The fraction of sp³-hybridized carbons (Fsp3) is 0.348. The minimum Gasteiger partial charge on any atom is -0.493 e. The molecular weight excluding hydrogens is 350 g/mol. The fourth-order valence-corrected chi connectivity index (χ4v) is 4.34. The quantitative estimate of drug-likeness (QED) is 0.690. The van der Waals surface area contributed by atoms with Crippen molar-refractivity contribution in [3.8, 4) is 17.1 Å². The highest BCUT2D eigenvalue weighted by atomic mass is 16.5. The minimum absolute atomic E-state index is 0.835. The minimum atomic E-state index is 0.835. The van der Waals surface area contributed by atoms with Crippen LogP contribution in [0.3, 0.4) is 0 Å². The van der Waals surface area contributed by atoms with Crippen LogP contribution in [0.15, 0.2) is 59.1 Å². The van der Waals surface area contributed by atoms with Crippen LogP contribution in [0.2, 0.25) is 0 Å². The number of hydrogen-bond donors (Lipinski definition) is 2. The molecule has 0 saturated carbocycles. The molecule has 28 heavy (non-hydrogen) atoms. The molecule has 5 rings (SSSR count). The number of nitrogens with one attached hydrogen (secondary N) is 2. The van der Waals surface area contributed by atoms with E-state index >= 15 is 0 Å². The molecule has 144 valence electrons. The van der Waals surface area contributed by atoms with Crippen molar-refractivity contribution in [3.63, 3.8) is 0 Å². The van der Waals surface area contributed by atoms with Gasteiger partial charge in [-0.25, -0.2) is 0 Å². The summed E-state index contributed by atoms with van der Waals surface area (Å²) in [7, 11) is 0. The molecule has 0 spiro atoms. The summed E-state index contributed by atoms with van der Waals surface area (Å²) in [6.45, 7) is 7.65. The maximum Gasteiger partial charge on any atom is 0.167 e. The Bertz CT molecular complexity index is 930. The highest BCUT2D eigenvalue weighted by molar-refractivity contribution is 5.56. The number of fused-ring (bicyclic) bond motifs is 1. The topological polar surface area (TPSA) is 44.1 Å². The van der Waals surface area contributed by atoms with Gasteiger partial charge in [-0.3, -0.25) is 0 Å². The summed E-state index contributed by atoms with van der Waals surface area (Å²) in [5, 5.41) is 4.29. The Labute approximate surface area is 165 Å². The van der Waals surface area contributed by atoms with Crippen LogP contribution in [0, 0.1) is 0 Å². The van der Waals surface area contributed by atoms with Crippen LogP contribution in [0.5, 0.6) is 5.75 Å². The van der Waals surface area contributed by atoms with Crippen LogP contribution in [0.4, 0.5) is 0 Å². The third-order valence-corrected chi connectivity index (χ3v) is 5.92. The van der Waals surface area contributed by atoms with Gasteiger partial charge in [0.2, 0.25) is 0 Å². The normalized spacial score (nSPS) is 21.3. The molecule has 0 bridgehead atoms. The maximum absolute atomic E-state index is 5.62. The molecule has 1 aromatic heterocycles. The van der Waals surface area contributed by atoms with E-state index in [0.717, 1.165) is 48.9 Å². The van der Waals surface area contributed by atoms with Gasteiger partial charge in [-0.15, -0.1) is 0 Å². The second kappa shape index (κ2) is 7.78. The summed E-state index contributed by atoms with van der Waals surface area (Å²) in [6, 6.07) is 19.0. The Kier molecular flexibility index (Phi) is 4.85. The summed E-state index contributed by atoms with van der Waals surface area (Å²) in [5.41, 5.74) is 4.95. The molecule has 0 radical (unpaired) electrons. The van der Waals surface area contributed by atoms with E-state index in [2.05, 4.69) is 41.6 Å². The fourth-order valence-electron chi connectivity index (χ4n) is 4.34. The molecule has 5 nitrogen and oxygen atoms in total. The Morgan fingerprint density at radius 2 is 1.64 bits per heavy atom. The lowest BCUT2D eigenvalue weighted by molar-refractivity contribution is -1.02. The molecule has 2 aromatic carbocycles. The summed E-state index contributed by atoms with van der Waals surface area (Å²) < 4.78 is 11.2. The van der Waals surface area contributed by atoms with Gasteiger partial charge in [-0.2, -0.15) is 0 Å². The summed E-state index contributed by atoms with van der Waals surface area (Å²) in [4.78, 5) is 3.27. The zero-order valence-electron chi connectivity index (χ0n) is 16.1. The number of quaternary nitrogens is 2. The van der Waals surface area contributed by atoms with Gasteiger partial charge in [0, 0.05) is 23.6 Å². The van der Waals surface area contributed by atoms with Crippen molar-refractivity contribution in [2.75, 3.05) is 32.8 Å². The Morgan fingerprint density at radius 3 is 2.46 bits per heavy atom. The van der Waals surface area contributed by atoms with Gasteiger partial charge >= 0.3 is 0 Å². The second-order valence-corrected chi connectivity index (χ2v) is 7.94. The molecule has 3 heterocycles. The van der Waals surface area contributed by atoms with E-state index in [1.165, 1.54) is 37.3 Å². The molecule has 0 atom stereocenters. The van der Waals surface area contributed by atoms with Crippen LogP contribution in [-0.4, -0.2) is 37.9 Å². The van der Waals surface area contributed by atoms with Crippen molar-refractivity contribution >= 4 is 0 Å². The summed E-state index contributed by atoms with van der Waals surface area (Å²) >= 11 is 0. The molecule has 2 N–H and O–H groups in total. The third-order valence-electron chi connectivity index (χ3n) is 5.92. The smallest absolute Gasteiger partial charge is 0.167 e. The molecule has 0 unspecified atom stereocenters. The molecular formula is C23H27N3O2+2. The van der Waals surface area contributed by atoms with Gasteiger partial charge < -0.3 is 19.1 Å². The van der Waals surface area contributed by atoms with E-state index in [9.17, 15) is 0 Å². The van der Waals surface area contributed by atoms with Crippen LogP contribution >= 0.6 is 0 Å². The van der Waals surface area contributed by atoms with Gasteiger partial charge in [0.15, 0.2) is 5.76 Å². The van der Waals surface area contributed by atoms with Crippen molar-refractivity contribution in [1.82, 2.24) is 5.16 Å². The van der Waals surface area contributed by atoms with Crippen molar-refractivity contribution in [2.45, 2.75) is 19.5 Å². The first-order valence-corrected chi connectivity index (χ1v) is 10.3. The summed E-state index contributed by atoms with van der Waals surface area (Å²) in [6.07, 6.45) is 1.05. The molecule has 2 aliphatic rings. The zero-order chi connectivity index (χ0) is 18.8. The number of benzene rings is 2. The Hall–Kier alpha value is -2.63. The number of rotatable bonds is 5. The number of hydrogen-bond acceptors (Lipinski definition) is 3. The maximum atomic E-state index is 5.62. The first-order valence-electron chi connectivity index (χ1n) is 10.3. The second-order valence-electron chi connectivity index (χ2n) is 7.94. The highest BCUT2D eigenvalue weighted by Gasteiger charge is 2.25. The Morgan fingerprint density at radius 1 is 0.857 bits per heavy atom. The van der Waals surface area contributed by atoms with E-state index in [0.29, 0.717) is 0 Å². The molecule has 0 amide bonds. The van der Waals surface area contributed by atoms with Gasteiger partial charge in [0.05, 0.1) is 6.61 Å². The molecule has 1 fully saturated rings. The standard InChI is InChI=1S/C23H25N3O2/c1-2-4-19(5-3-1)23-15-21(24-28-23)17-26-11-9-25(10-12-26)16-18-6-7-22-20(14-18)8-13-27-22/h1-7,14-15H,8-13,16-17H2/p+2. The van der Waals surface area contributed by atoms with Gasteiger partial charge in [-0.1, -0.05) is 35.5 Å². The number of ether oxygens (including phenoxy) is 1. The highest BCUT2D eigenvalue weighted by Crippen LogP contribution is 2.25. The first-order chi connectivity index (χ1) is 13.8. The van der Waals surface area contributed by atoms with Gasteiger partial charge in [-0.05, 0) is 23.8 Å². The van der Waals surface area contributed by atoms with E-state index in [-0.39, 0.29) is 0 Å². The van der Waals surface area contributed by atoms with Crippen molar-refractivity contribution in [2.24, 2.45) is 0 Å². The molecule has 5 heteroatoms. The van der Waals surface area contributed by atoms with Crippen LogP contribution in [0.1, 0.15) is 16.8 Å². The largest absolute Gasteiger partial charge is 0.493 e. The number of piperazine rings is 1. The summed E-state index contributed by atoms with van der Waals surface area (Å²) in [5.74, 6) is 1.94. The van der Waals surface area contributed by atoms with Crippen LogP contribution in [0.25, 0.3) is 11.3 Å².